The van der Waals surface area contributed by atoms with Crippen molar-refractivity contribution in [3.63, 3.8) is 0 Å². The molecule has 3 aliphatic carbocycles. The van der Waals surface area contributed by atoms with Crippen LogP contribution in [0.25, 0.3) is 5.76 Å². The highest BCUT2D eigenvalue weighted by atomic mass is 16.3. The Labute approximate surface area is 230 Å². The molecule has 0 saturated heterocycles. The van der Waals surface area contributed by atoms with Crippen LogP contribution in [-0.2, 0) is 27.2 Å². The largest absolute Gasteiger partial charge is 0.508 e. The van der Waals surface area contributed by atoms with E-state index >= 15 is 0 Å². The molecule has 7 nitrogen and oxygen atoms in total. The normalized spacial score (nSPS) is 31.3. The van der Waals surface area contributed by atoms with Gasteiger partial charge in [0, 0.05) is 22.3 Å². The van der Waals surface area contributed by atoms with E-state index < -0.39 is 56.8 Å². The van der Waals surface area contributed by atoms with Crippen LogP contribution in [0.2, 0.25) is 0 Å². The summed E-state index contributed by atoms with van der Waals surface area (Å²) in [4.78, 5) is 40.4. The van der Waals surface area contributed by atoms with Crippen molar-refractivity contribution < 1.29 is 34.8 Å². The zero-order valence-electron chi connectivity index (χ0n) is 24.1. The number of phenolic OH excluding ortho intramolecular Hbond substituents is 1. The van der Waals surface area contributed by atoms with E-state index in [1.165, 1.54) is 6.07 Å². The molecule has 0 spiro atoms. The van der Waals surface area contributed by atoms with Crippen molar-refractivity contribution in [2.45, 2.75) is 92.6 Å². The first kappa shape index (κ1) is 29.1. The maximum atomic E-state index is 14.3. The minimum atomic E-state index is -2.58. The Bertz CT molecular complexity index is 1320. The average Bonchev–Trinajstić information content (AvgIpc) is 2.82. The predicted octanol–water partition coefficient (Wildman–Crippen LogP) is 5.56. The molecule has 212 valence electrons. The zero-order chi connectivity index (χ0) is 29.2. The molecule has 1 aromatic rings. The second-order valence-electron chi connectivity index (χ2n) is 13.0. The number of rotatable bonds is 7. The van der Waals surface area contributed by atoms with Crippen LogP contribution in [0.4, 0.5) is 0 Å². The summed E-state index contributed by atoms with van der Waals surface area (Å²) in [6, 6.07) is 3.38. The molecule has 5 atom stereocenters. The van der Waals surface area contributed by atoms with E-state index in [4.69, 9.17) is 0 Å². The van der Waals surface area contributed by atoms with Gasteiger partial charge in [0.1, 0.15) is 22.8 Å². The van der Waals surface area contributed by atoms with E-state index in [0.29, 0.717) is 12.3 Å². The molecule has 2 unspecified atom stereocenters. The summed E-state index contributed by atoms with van der Waals surface area (Å²) in [6.45, 7) is 12.6. The first-order valence-corrected chi connectivity index (χ1v) is 14.1. The maximum Gasteiger partial charge on any atom is 0.203 e. The third-order valence-corrected chi connectivity index (χ3v) is 9.83. The summed E-state index contributed by atoms with van der Waals surface area (Å²) in [6.07, 6.45) is 4.24. The SMILES string of the molecule is CCC(C)CCCc1ccc(O)c2c1C[C@]1(C)C[C@]3(C)C(C(C)C)C(=O)C(C(C)=O)=C(O)[C@]3(O)C(=O)C1=C2O. The third kappa shape index (κ3) is 3.99. The molecule has 1 aromatic carbocycles. The summed E-state index contributed by atoms with van der Waals surface area (Å²) in [5.74, 6) is -4.44. The van der Waals surface area contributed by atoms with Gasteiger partial charge in [0.05, 0.1) is 5.56 Å². The van der Waals surface area contributed by atoms with Crippen molar-refractivity contribution >= 4 is 23.1 Å². The van der Waals surface area contributed by atoms with E-state index in [1.807, 2.05) is 13.0 Å². The zero-order valence-corrected chi connectivity index (χ0v) is 24.1. The number of ketones is 3. The summed E-state index contributed by atoms with van der Waals surface area (Å²) in [7, 11) is 0. The molecule has 3 aliphatic rings. The van der Waals surface area contributed by atoms with Crippen molar-refractivity contribution in [2.24, 2.45) is 28.6 Å². The lowest BCUT2D eigenvalue weighted by molar-refractivity contribution is -0.178. The van der Waals surface area contributed by atoms with Crippen LogP contribution < -0.4 is 0 Å². The smallest absolute Gasteiger partial charge is 0.203 e. The predicted molar refractivity (Wildman–Crippen MR) is 148 cm³/mol. The first-order valence-electron chi connectivity index (χ1n) is 14.1. The minimum absolute atomic E-state index is 0.0895. The summed E-state index contributed by atoms with van der Waals surface area (Å²) in [5, 5.41) is 45.7. The molecule has 39 heavy (non-hydrogen) atoms. The van der Waals surface area contributed by atoms with Crippen molar-refractivity contribution in [3.05, 3.63) is 45.7 Å². The molecule has 1 fully saturated rings. The average molecular weight is 539 g/mol. The molecule has 0 heterocycles. The van der Waals surface area contributed by atoms with Gasteiger partial charge in [-0.25, -0.2) is 0 Å². The van der Waals surface area contributed by atoms with E-state index in [9.17, 15) is 34.8 Å². The van der Waals surface area contributed by atoms with E-state index in [2.05, 4.69) is 13.8 Å². The highest BCUT2D eigenvalue weighted by Gasteiger charge is 2.72. The highest BCUT2D eigenvalue weighted by Crippen LogP contribution is 2.65. The number of fused-ring (bicyclic) bond motifs is 3. The van der Waals surface area contributed by atoms with Gasteiger partial charge in [-0.05, 0) is 61.6 Å². The van der Waals surface area contributed by atoms with E-state index in [1.54, 1.807) is 20.8 Å². The molecule has 0 aromatic heterocycles. The highest BCUT2D eigenvalue weighted by molar-refractivity contribution is 6.24. The summed E-state index contributed by atoms with van der Waals surface area (Å²) >= 11 is 0. The van der Waals surface area contributed by atoms with E-state index in [-0.39, 0.29) is 29.2 Å². The molecule has 1 saturated carbocycles. The van der Waals surface area contributed by atoms with Crippen LogP contribution in [-0.4, -0.2) is 43.4 Å². The number of hydrogen-bond acceptors (Lipinski definition) is 7. The van der Waals surface area contributed by atoms with Crippen LogP contribution in [0.3, 0.4) is 0 Å². The molecule has 0 bridgehead atoms. The Morgan fingerprint density at radius 3 is 2.31 bits per heavy atom. The van der Waals surface area contributed by atoms with Crippen molar-refractivity contribution in [1.29, 1.82) is 0 Å². The fourth-order valence-corrected chi connectivity index (χ4v) is 7.86. The van der Waals surface area contributed by atoms with Crippen LogP contribution in [0.15, 0.2) is 29.0 Å². The minimum Gasteiger partial charge on any atom is -0.508 e. The van der Waals surface area contributed by atoms with Crippen LogP contribution >= 0.6 is 0 Å². The van der Waals surface area contributed by atoms with Gasteiger partial charge < -0.3 is 20.4 Å². The second-order valence-corrected chi connectivity index (χ2v) is 13.0. The lowest BCUT2D eigenvalue weighted by Gasteiger charge is -2.59. The molecule has 4 N–H and O–H groups in total. The Balaban J connectivity index is 1.95. The Kier molecular flexibility index (Phi) is 7.16. The Morgan fingerprint density at radius 1 is 1.10 bits per heavy atom. The second kappa shape index (κ2) is 9.61. The summed E-state index contributed by atoms with van der Waals surface area (Å²) < 4.78 is 0. The topological polar surface area (TPSA) is 132 Å². The van der Waals surface area contributed by atoms with Crippen molar-refractivity contribution in [3.8, 4) is 5.75 Å². The van der Waals surface area contributed by atoms with Gasteiger partial charge in [0.25, 0.3) is 0 Å². The molecular weight excluding hydrogens is 496 g/mol. The van der Waals surface area contributed by atoms with Crippen molar-refractivity contribution in [2.75, 3.05) is 0 Å². The van der Waals surface area contributed by atoms with Gasteiger partial charge in [-0.3, -0.25) is 14.4 Å². The number of carbonyl (C=O) groups is 3. The third-order valence-electron chi connectivity index (χ3n) is 9.83. The van der Waals surface area contributed by atoms with Gasteiger partial charge in [0.2, 0.25) is 5.78 Å². The Morgan fingerprint density at radius 2 is 1.74 bits per heavy atom. The fourth-order valence-electron chi connectivity index (χ4n) is 7.86. The van der Waals surface area contributed by atoms with Gasteiger partial charge in [-0.2, -0.15) is 0 Å². The van der Waals surface area contributed by atoms with Gasteiger partial charge in [-0.15, -0.1) is 0 Å². The molecule has 7 heteroatoms. The monoisotopic (exact) mass is 538 g/mol. The lowest BCUT2D eigenvalue weighted by atomic mass is 9.43. The van der Waals surface area contributed by atoms with Gasteiger partial charge in [0.15, 0.2) is 17.2 Å². The fraction of sp³-hybridized carbons (Fsp3) is 0.594. The first-order chi connectivity index (χ1) is 18.1. The summed E-state index contributed by atoms with van der Waals surface area (Å²) in [5.41, 5.74) is -3.75. The number of aromatic hydroxyl groups is 1. The number of aryl methyl sites for hydroxylation is 1. The standard InChI is InChI=1S/C32H42O7/c1-8-17(4)10-9-11-19-12-13-21(34)23-20(19)14-30(6)15-31(7)24(16(2)3)26(35)22(18(5)33)28(37)32(31,39)29(38)25(30)27(23)36/h12-13,16-17,24,34,36-37,39H,8-11,14-15H2,1-7H3/t17?,24?,30-,31-,32+/m1/s1. The molecule has 4 rings (SSSR count). The maximum absolute atomic E-state index is 14.3. The lowest BCUT2D eigenvalue weighted by Crippen LogP contribution is -2.69. The van der Waals surface area contributed by atoms with Crippen LogP contribution in [0.1, 0.15) is 90.8 Å². The number of aliphatic hydroxyl groups is 3. The van der Waals surface area contributed by atoms with Crippen LogP contribution in [0, 0.1) is 28.6 Å². The molecule has 0 radical (unpaired) electrons. The quantitative estimate of drug-likeness (QED) is 0.334. The molecule has 0 aliphatic heterocycles. The number of Topliss-reactive ketones (excluding diaryl/α,β-unsaturated/α-hetero) is 3. The number of phenols is 1. The van der Waals surface area contributed by atoms with Crippen molar-refractivity contribution in [1.82, 2.24) is 0 Å². The van der Waals surface area contributed by atoms with Gasteiger partial charge in [-0.1, -0.05) is 60.5 Å². The number of allylic oxidation sites excluding steroid dienone is 1. The number of aliphatic hydroxyl groups excluding tert-OH is 2. The van der Waals surface area contributed by atoms with Crippen LogP contribution in [0.5, 0.6) is 5.75 Å². The van der Waals surface area contributed by atoms with E-state index in [0.717, 1.165) is 43.7 Å². The molecular formula is C32H42O7. The van der Waals surface area contributed by atoms with Gasteiger partial charge >= 0.3 is 0 Å². The number of hydrogen-bond donors (Lipinski definition) is 4. The number of benzene rings is 1. The number of carbonyl (C=O) groups excluding carboxylic acids is 3. The molecule has 0 amide bonds. The Hall–Kier alpha value is -2.93.